The van der Waals surface area contributed by atoms with Crippen molar-refractivity contribution in [3.63, 3.8) is 0 Å². The van der Waals surface area contributed by atoms with E-state index in [0.29, 0.717) is 32.0 Å². The molecule has 0 spiro atoms. The van der Waals surface area contributed by atoms with Crippen molar-refractivity contribution in [1.29, 1.82) is 0 Å². The van der Waals surface area contributed by atoms with Gasteiger partial charge in [0.15, 0.2) is 11.5 Å². The number of methoxy groups -OCH3 is 1. The highest BCUT2D eigenvalue weighted by Crippen LogP contribution is 2.38. The summed E-state index contributed by atoms with van der Waals surface area (Å²) in [4.78, 5) is 24.9. The molecule has 0 aromatic heterocycles. The number of halogens is 2. The molecule has 0 unspecified atom stereocenters. The Kier molecular flexibility index (Phi) is 7.25. The number of carbonyl (C=O) groups excluding carboxylic acids is 1. The van der Waals surface area contributed by atoms with Crippen LogP contribution in [-0.4, -0.2) is 39.9 Å². The minimum atomic E-state index is -1.14. The first kappa shape index (κ1) is 22.4. The first-order valence-corrected chi connectivity index (χ1v) is 10.5. The molecule has 3 rings (SSSR count). The molecule has 1 fully saturated rings. The summed E-state index contributed by atoms with van der Waals surface area (Å²) in [6, 6.07) is 10.3. The Morgan fingerprint density at radius 2 is 2.07 bits per heavy atom. The molecule has 1 aliphatic rings. The summed E-state index contributed by atoms with van der Waals surface area (Å²) in [5.41, 5.74) is 1.31. The molecule has 10 heteroatoms. The van der Waals surface area contributed by atoms with Crippen LogP contribution in [0.15, 0.2) is 41.3 Å². The first-order valence-electron chi connectivity index (χ1n) is 8.51. The molecular formula is C20H15Cl2NO5S2. The molecule has 0 bridgehead atoms. The van der Waals surface area contributed by atoms with Gasteiger partial charge in [-0.2, -0.15) is 0 Å². The summed E-state index contributed by atoms with van der Waals surface area (Å²) >= 11 is 18.3. The number of amides is 1. The van der Waals surface area contributed by atoms with Crippen LogP contribution in [0.2, 0.25) is 10.0 Å². The standard InChI is InChI=1S/C20H15Cl2NO5S2/c1-27-15-4-2-3-11(7-16-19(26)23(9-17(24)25)20(29)30-16)18(15)28-10-12-5-6-13(21)8-14(12)22/h2-8H,9-10H2,1H3,(H,24,25). The molecule has 1 amide bonds. The van der Waals surface area contributed by atoms with Gasteiger partial charge in [0.05, 0.1) is 12.0 Å². The number of carboxylic acids is 1. The summed E-state index contributed by atoms with van der Waals surface area (Å²) in [6.07, 6.45) is 1.60. The monoisotopic (exact) mass is 483 g/mol. The summed E-state index contributed by atoms with van der Waals surface area (Å²) in [5.74, 6) is -0.732. The second-order valence-electron chi connectivity index (χ2n) is 6.06. The SMILES string of the molecule is COc1cccc(C=C2SC(=S)N(CC(=O)O)C2=O)c1OCc1ccc(Cl)cc1Cl. The van der Waals surface area contributed by atoms with E-state index in [-0.39, 0.29) is 10.9 Å². The average molecular weight is 484 g/mol. The zero-order chi connectivity index (χ0) is 21.8. The molecule has 1 saturated heterocycles. The summed E-state index contributed by atoms with van der Waals surface area (Å²) in [6.45, 7) is -0.338. The van der Waals surface area contributed by atoms with Crippen molar-refractivity contribution < 1.29 is 24.2 Å². The number of rotatable bonds is 7. The van der Waals surface area contributed by atoms with Crippen molar-refractivity contribution >= 4 is 69.5 Å². The fourth-order valence-corrected chi connectivity index (χ4v) is 4.37. The highest BCUT2D eigenvalue weighted by atomic mass is 35.5. The predicted octanol–water partition coefficient (Wildman–Crippen LogP) is 4.87. The first-order chi connectivity index (χ1) is 14.3. The third-order valence-electron chi connectivity index (χ3n) is 4.07. The van der Waals surface area contributed by atoms with Crippen molar-refractivity contribution in [3.8, 4) is 11.5 Å². The van der Waals surface area contributed by atoms with E-state index in [9.17, 15) is 9.59 Å². The van der Waals surface area contributed by atoms with E-state index < -0.39 is 18.4 Å². The van der Waals surface area contributed by atoms with Gasteiger partial charge in [-0.25, -0.2) is 0 Å². The lowest BCUT2D eigenvalue weighted by Gasteiger charge is -2.14. The molecule has 6 nitrogen and oxygen atoms in total. The number of carbonyl (C=O) groups is 2. The minimum Gasteiger partial charge on any atom is -0.493 e. The number of ether oxygens (including phenoxy) is 2. The van der Waals surface area contributed by atoms with Gasteiger partial charge in [0, 0.05) is 21.2 Å². The normalized spacial score (nSPS) is 15.0. The van der Waals surface area contributed by atoms with Gasteiger partial charge in [-0.15, -0.1) is 0 Å². The highest BCUT2D eigenvalue weighted by molar-refractivity contribution is 8.26. The van der Waals surface area contributed by atoms with E-state index in [4.69, 9.17) is 50.0 Å². The van der Waals surface area contributed by atoms with E-state index in [2.05, 4.69) is 0 Å². The maximum atomic E-state index is 12.6. The number of thiocarbonyl (C=S) groups is 1. The van der Waals surface area contributed by atoms with Crippen LogP contribution in [0.5, 0.6) is 11.5 Å². The smallest absolute Gasteiger partial charge is 0.323 e. The molecule has 1 N–H and O–H groups in total. The number of aliphatic carboxylic acids is 1. The van der Waals surface area contributed by atoms with Crippen molar-refractivity contribution in [2.24, 2.45) is 0 Å². The van der Waals surface area contributed by atoms with Crippen molar-refractivity contribution in [2.75, 3.05) is 13.7 Å². The van der Waals surface area contributed by atoms with E-state index >= 15 is 0 Å². The number of para-hydroxylation sites is 1. The minimum absolute atomic E-state index is 0.150. The molecule has 0 atom stereocenters. The second kappa shape index (κ2) is 9.70. The molecule has 1 heterocycles. The Bertz CT molecular complexity index is 1060. The lowest BCUT2D eigenvalue weighted by atomic mass is 10.1. The Morgan fingerprint density at radius 3 is 2.73 bits per heavy atom. The summed E-state index contributed by atoms with van der Waals surface area (Å²) in [5, 5.41) is 9.96. The van der Waals surface area contributed by atoms with E-state index in [1.807, 2.05) is 0 Å². The lowest BCUT2D eigenvalue weighted by Crippen LogP contribution is -2.33. The van der Waals surface area contributed by atoms with Gasteiger partial charge in [-0.3, -0.25) is 14.5 Å². The van der Waals surface area contributed by atoms with Gasteiger partial charge in [-0.05, 0) is 24.3 Å². The lowest BCUT2D eigenvalue weighted by molar-refractivity contribution is -0.140. The third-order valence-corrected chi connectivity index (χ3v) is 6.03. The van der Waals surface area contributed by atoms with Gasteiger partial charge in [-0.1, -0.05) is 65.4 Å². The number of thioether (sulfide) groups is 1. The zero-order valence-electron chi connectivity index (χ0n) is 15.6. The number of hydrogen-bond acceptors (Lipinski definition) is 6. The van der Waals surface area contributed by atoms with Crippen LogP contribution in [0.1, 0.15) is 11.1 Å². The number of carboxylic acid groups (broad SMARTS) is 1. The quantitative estimate of drug-likeness (QED) is 0.444. The maximum absolute atomic E-state index is 12.6. The van der Waals surface area contributed by atoms with Crippen molar-refractivity contribution in [3.05, 3.63) is 62.5 Å². The third kappa shape index (κ3) is 5.07. The maximum Gasteiger partial charge on any atom is 0.323 e. The van der Waals surface area contributed by atoms with Gasteiger partial charge in [0.2, 0.25) is 0 Å². The predicted molar refractivity (Wildman–Crippen MR) is 121 cm³/mol. The summed E-state index contributed by atoms with van der Waals surface area (Å²) < 4.78 is 11.6. The Labute approximate surface area is 192 Å². The van der Waals surface area contributed by atoms with Gasteiger partial charge < -0.3 is 14.6 Å². The van der Waals surface area contributed by atoms with E-state index in [1.165, 1.54) is 7.11 Å². The van der Waals surface area contributed by atoms with Gasteiger partial charge >= 0.3 is 5.97 Å². The van der Waals surface area contributed by atoms with Crippen LogP contribution in [0.3, 0.4) is 0 Å². The Morgan fingerprint density at radius 1 is 1.30 bits per heavy atom. The largest absolute Gasteiger partial charge is 0.493 e. The van der Waals surface area contributed by atoms with Crippen LogP contribution >= 0.6 is 47.2 Å². The van der Waals surface area contributed by atoms with E-state index in [0.717, 1.165) is 22.2 Å². The Hall–Kier alpha value is -2.26. The van der Waals surface area contributed by atoms with Crippen molar-refractivity contribution in [2.45, 2.75) is 6.61 Å². The number of benzene rings is 2. The van der Waals surface area contributed by atoms with Gasteiger partial charge in [0.25, 0.3) is 5.91 Å². The zero-order valence-corrected chi connectivity index (χ0v) is 18.7. The topological polar surface area (TPSA) is 76.1 Å². The molecule has 0 radical (unpaired) electrons. The second-order valence-corrected chi connectivity index (χ2v) is 8.58. The molecule has 2 aromatic carbocycles. The van der Waals surface area contributed by atoms with E-state index in [1.54, 1.807) is 42.5 Å². The van der Waals surface area contributed by atoms with Crippen LogP contribution in [0.25, 0.3) is 6.08 Å². The van der Waals surface area contributed by atoms with Crippen LogP contribution in [0.4, 0.5) is 0 Å². The van der Waals surface area contributed by atoms with Crippen molar-refractivity contribution in [1.82, 2.24) is 4.90 Å². The highest BCUT2D eigenvalue weighted by Gasteiger charge is 2.33. The Balaban J connectivity index is 1.90. The summed E-state index contributed by atoms with van der Waals surface area (Å²) in [7, 11) is 1.51. The molecule has 30 heavy (non-hydrogen) atoms. The molecular weight excluding hydrogens is 469 g/mol. The molecule has 156 valence electrons. The van der Waals surface area contributed by atoms with Crippen LogP contribution in [-0.2, 0) is 16.2 Å². The van der Waals surface area contributed by atoms with Crippen LogP contribution < -0.4 is 9.47 Å². The van der Waals surface area contributed by atoms with Gasteiger partial charge in [0.1, 0.15) is 17.5 Å². The molecule has 1 aliphatic heterocycles. The number of hydrogen-bond donors (Lipinski definition) is 1. The molecule has 0 saturated carbocycles. The number of nitrogens with zero attached hydrogens (tertiary/aromatic N) is 1. The average Bonchev–Trinajstić information content (AvgIpc) is 2.95. The van der Waals surface area contributed by atoms with Crippen LogP contribution in [0, 0.1) is 0 Å². The fourth-order valence-electron chi connectivity index (χ4n) is 2.66. The fraction of sp³-hybridized carbons (Fsp3) is 0.150. The molecule has 2 aromatic rings. The molecule has 0 aliphatic carbocycles.